The van der Waals surface area contributed by atoms with Gasteiger partial charge in [0.05, 0.1) is 0 Å². The van der Waals surface area contributed by atoms with E-state index in [2.05, 4.69) is 43.9 Å². The van der Waals surface area contributed by atoms with Crippen molar-refractivity contribution >= 4 is 5.82 Å². The first kappa shape index (κ1) is 14.9. The summed E-state index contributed by atoms with van der Waals surface area (Å²) < 4.78 is 2.11. The summed E-state index contributed by atoms with van der Waals surface area (Å²) in [5.74, 6) is 3.29. The van der Waals surface area contributed by atoms with Crippen LogP contribution in [0.25, 0.3) is 0 Å². The predicted octanol–water partition coefficient (Wildman–Crippen LogP) is 2.49. The third-order valence-electron chi connectivity index (χ3n) is 4.10. The first-order valence-corrected chi connectivity index (χ1v) is 8.13. The maximum absolute atomic E-state index is 4.60. The molecule has 0 saturated carbocycles. The standard InChI is InChI=1S/C16H24N6/c1-11(2)16-21-18-10-22(16)9-8-17-15-13-6-4-5-7-14(13)19-12(3)20-15/h10-11H,4-9H2,1-3H3,(H,17,19,20). The minimum absolute atomic E-state index is 0.386. The molecule has 2 aromatic rings. The van der Waals surface area contributed by atoms with Gasteiger partial charge in [0.15, 0.2) is 0 Å². The molecular formula is C16H24N6. The first-order chi connectivity index (χ1) is 10.6. The summed E-state index contributed by atoms with van der Waals surface area (Å²) in [6.07, 6.45) is 6.44. The van der Waals surface area contributed by atoms with Gasteiger partial charge in [-0.2, -0.15) is 0 Å². The van der Waals surface area contributed by atoms with E-state index in [-0.39, 0.29) is 0 Å². The Hall–Kier alpha value is -1.98. The quantitative estimate of drug-likeness (QED) is 0.918. The van der Waals surface area contributed by atoms with Crippen molar-refractivity contribution in [1.29, 1.82) is 0 Å². The summed E-state index contributed by atoms with van der Waals surface area (Å²) >= 11 is 0. The van der Waals surface area contributed by atoms with Crippen molar-refractivity contribution in [1.82, 2.24) is 24.7 Å². The maximum atomic E-state index is 4.60. The van der Waals surface area contributed by atoms with Crippen LogP contribution in [0.2, 0.25) is 0 Å². The van der Waals surface area contributed by atoms with Crippen LogP contribution in [-0.4, -0.2) is 31.3 Å². The zero-order valence-corrected chi connectivity index (χ0v) is 13.6. The number of fused-ring (bicyclic) bond motifs is 1. The van der Waals surface area contributed by atoms with E-state index in [1.165, 1.54) is 24.1 Å². The molecule has 0 spiro atoms. The highest BCUT2D eigenvalue weighted by Gasteiger charge is 2.16. The number of nitrogens with zero attached hydrogens (tertiary/aromatic N) is 5. The molecule has 0 radical (unpaired) electrons. The van der Waals surface area contributed by atoms with E-state index in [4.69, 9.17) is 0 Å². The lowest BCUT2D eigenvalue weighted by atomic mass is 9.96. The Morgan fingerprint density at radius 3 is 2.86 bits per heavy atom. The highest BCUT2D eigenvalue weighted by Crippen LogP contribution is 2.25. The fourth-order valence-electron chi connectivity index (χ4n) is 3.04. The molecule has 118 valence electrons. The van der Waals surface area contributed by atoms with Crippen LogP contribution >= 0.6 is 0 Å². The van der Waals surface area contributed by atoms with Crippen molar-refractivity contribution < 1.29 is 0 Å². The topological polar surface area (TPSA) is 68.5 Å². The highest BCUT2D eigenvalue weighted by atomic mass is 15.3. The van der Waals surface area contributed by atoms with Gasteiger partial charge >= 0.3 is 0 Å². The highest BCUT2D eigenvalue weighted by molar-refractivity contribution is 5.47. The Balaban J connectivity index is 1.69. The molecule has 3 rings (SSSR count). The molecule has 0 amide bonds. The second-order valence-electron chi connectivity index (χ2n) is 6.22. The largest absolute Gasteiger partial charge is 0.368 e. The molecule has 0 bridgehead atoms. The Bertz CT molecular complexity index is 646. The smallest absolute Gasteiger partial charge is 0.135 e. The minimum atomic E-state index is 0.386. The van der Waals surface area contributed by atoms with Crippen LogP contribution < -0.4 is 5.32 Å². The Morgan fingerprint density at radius 1 is 1.23 bits per heavy atom. The monoisotopic (exact) mass is 300 g/mol. The van der Waals surface area contributed by atoms with Gasteiger partial charge < -0.3 is 9.88 Å². The van der Waals surface area contributed by atoms with Crippen molar-refractivity contribution in [2.45, 2.75) is 58.9 Å². The zero-order valence-electron chi connectivity index (χ0n) is 13.6. The summed E-state index contributed by atoms with van der Waals surface area (Å²) in [6, 6.07) is 0. The molecule has 1 aliphatic carbocycles. The van der Waals surface area contributed by atoms with Crippen LogP contribution in [0.4, 0.5) is 5.82 Å². The Kier molecular flexibility index (Phi) is 4.36. The van der Waals surface area contributed by atoms with Gasteiger partial charge in [0.2, 0.25) is 0 Å². The van der Waals surface area contributed by atoms with Crippen LogP contribution in [0.1, 0.15) is 55.5 Å². The zero-order chi connectivity index (χ0) is 15.5. The molecule has 6 heteroatoms. The van der Waals surface area contributed by atoms with E-state index in [9.17, 15) is 0 Å². The van der Waals surface area contributed by atoms with Crippen LogP contribution in [-0.2, 0) is 19.4 Å². The average molecular weight is 300 g/mol. The molecule has 6 nitrogen and oxygen atoms in total. The fraction of sp³-hybridized carbons (Fsp3) is 0.625. The van der Waals surface area contributed by atoms with Crippen LogP contribution in [0.15, 0.2) is 6.33 Å². The molecule has 2 aromatic heterocycles. The number of nitrogens with one attached hydrogen (secondary N) is 1. The van der Waals surface area contributed by atoms with Crippen LogP contribution in [0.3, 0.4) is 0 Å². The van der Waals surface area contributed by atoms with E-state index < -0.39 is 0 Å². The second-order valence-corrected chi connectivity index (χ2v) is 6.22. The van der Waals surface area contributed by atoms with E-state index >= 15 is 0 Å². The molecule has 0 unspecified atom stereocenters. The molecular weight excluding hydrogens is 276 g/mol. The predicted molar refractivity (Wildman–Crippen MR) is 86.0 cm³/mol. The molecule has 0 aromatic carbocycles. The average Bonchev–Trinajstić information content (AvgIpc) is 2.95. The number of aryl methyl sites for hydroxylation is 2. The number of anilines is 1. The van der Waals surface area contributed by atoms with Gasteiger partial charge in [-0.05, 0) is 32.6 Å². The first-order valence-electron chi connectivity index (χ1n) is 8.13. The minimum Gasteiger partial charge on any atom is -0.368 e. The third kappa shape index (κ3) is 3.10. The molecule has 0 aliphatic heterocycles. The summed E-state index contributed by atoms with van der Waals surface area (Å²) in [5, 5.41) is 11.7. The van der Waals surface area contributed by atoms with Gasteiger partial charge in [0, 0.05) is 30.3 Å². The van der Waals surface area contributed by atoms with Gasteiger partial charge in [0.1, 0.15) is 23.8 Å². The number of rotatable bonds is 5. The number of aromatic nitrogens is 5. The number of hydrogen-bond donors (Lipinski definition) is 1. The molecule has 2 heterocycles. The molecule has 0 atom stereocenters. The fourth-order valence-corrected chi connectivity index (χ4v) is 3.04. The normalized spacial score (nSPS) is 14.2. The molecule has 0 fully saturated rings. The molecule has 22 heavy (non-hydrogen) atoms. The lowest BCUT2D eigenvalue weighted by Crippen LogP contribution is -2.17. The van der Waals surface area contributed by atoms with Crippen molar-refractivity contribution in [3.05, 3.63) is 29.2 Å². The third-order valence-corrected chi connectivity index (χ3v) is 4.10. The molecule has 0 saturated heterocycles. The summed E-state index contributed by atoms with van der Waals surface area (Å²) in [4.78, 5) is 9.19. The van der Waals surface area contributed by atoms with Gasteiger partial charge in [-0.3, -0.25) is 0 Å². The Labute approximate surface area is 131 Å². The lowest BCUT2D eigenvalue weighted by molar-refractivity contribution is 0.632. The molecule has 1 aliphatic rings. The van der Waals surface area contributed by atoms with Gasteiger partial charge in [-0.1, -0.05) is 13.8 Å². The SMILES string of the molecule is Cc1nc2c(c(NCCn3cnnc3C(C)C)n1)CCCC2. The van der Waals surface area contributed by atoms with Gasteiger partial charge in [-0.15, -0.1) is 10.2 Å². The van der Waals surface area contributed by atoms with Crippen molar-refractivity contribution in [3.8, 4) is 0 Å². The summed E-state index contributed by atoms with van der Waals surface area (Å²) in [7, 11) is 0. The molecule has 1 N–H and O–H groups in total. The Morgan fingerprint density at radius 2 is 2.05 bits per heavy atom. The second kappa shape index (κ2) is 6.42. The van der Waals surface area contributed by atoms with Crippen molar-refractivity contribution in [2.24, 2.45) is 0 Å². The van der Waals surface area contributed by atoms with Gasteiger partial charge in [0.25, 0.3) is 0 Å². The van der Waals surface area contributed by atoms with E-state index in [0.29, 0.717) is 5.92 Å². The van der Waals surface area contributed by atoms with Crippen molar-refractivity contribution in [3.63, 3.8) is 0 Å². The summed E-state index contributed by atoms with van der Waals surface area (Å²) in [6.45, 7) is 7.91. The van der Waals surface area contributed by atoms with Gasteiger partial charge in [-0.25, -0.2) is 9.97 Å². The number of hydrogen-bond acceptors (Lipinski definition) is 5. The van der Waals surface area contributed by atoms with Crippen LogP contribution in [0.5, 0.6) is 0 Å². The van der Waals surface area contributed by atoms with E-state index in [1.54, 1.807) is 6.33 Å². The lowest BCUT2D eigenvalue weighted by Gasteiger charge is -2.19. The van der Waals surface area contributed by atoms with Crippen molar-refractivity contribution in [2.75, 3.05) is 11.9 Å². The van der Waals surface area contributed by atoms with E-state index in [0.717, 1.165) is 43.4 Å². The maximum Gasteiger partial charge on any atom is 0.135 e. The van der Waals surface area contributed by atoms with E-state index in [1.807, 2.05) is 6.92 Å². The van der Waals surface area contributed by atoms with Crippen LogP contribution in [0, 0.1) is 6.92 Å². The summed E-state index contributed by atoms with van der Waals surface area (Å²) in [5.41, 5.74) is 2.54.